The average Bonchev–Trinajstić information content (AvgIpc) is 2.39. The molecule has 2 amide bonds. The first-order chi connectivity index (χ1) is 9.15. The molecule has 0 aliphatic rings. The number of primary amides is 1. The van der Waals surface area contributed by atoms with E-state index < -0.39 is 6.03 Å². The Hall–Kier alpha value is -2.49. The van der Waals surface area contributed by atoms with Crippen LogP contribution in [-0.4, -0.2) is 6.03 Å². The normalized spacial score (nSPS) is 11.6. The molecular weight excluding hydrogens is 238 g/mol. The minimum atomic E-state index is -0.562. The summed E-state index contributed by atoms with van der Waals surface area (Å²) in [5, 5.41) is 5.94. The summed E-state index contributed by atoms with van der Waals surface area (Å²) in [5.41, 5.74) is 7.91. The van der Waals surface area contributed by atoms with Crippen LogP contribution >= 0.6 is 0 Å². The molecule has 0 aromatic heterocycles. The van der Waals surface area contributed by atoms with Crippen molar-refractivity contribution in [3.05, 3.63) is 60.2 Å². The zero-order chi connectivity index (χ0) is 13.7. The van der Waals surface area contributed by atoms with E-state index in [1.54, 1.807) is 6.07 Å². The van der Waals surface area contributed by atoms with Crippen molar-refractivity contribution in [2.45, 2.75) is 13.0 Å². The third-order valence-corrected chi connectivity index (χ3v) is 2.81. The summed E-state index contributed by atoms with van der Waals surface area (Å²) >= 11 is 0. The van der Waals surface area contributed by atoms with Crippen LogP contribution in [0.2, 0.25) is 0 Å². The lowest BCUT2D eigenvalue weighted by molar-refractivity contribution is 0.259. The molecular formula is C15H17N3O. The van der Waals surface area contributed by atoms with E-state index in [9.17, 15) is 4.79 Å². The number of anilines is 2. The monoisotopic (exact) mass is 255 g/mol. The lowest BCUT2D eigenvalue weighted by atomic mass is 10.1. The van der Waals surface area contributed by atoms with E-state index in [1.807, 2.05) is 36.4 Å². The van der Waals surface area contributed by atoms with Gasteiger partial charge in [0.05, 0.1) is 0 Å². The quantitative estimate of drug-likeness (QED) is 0.784. The predicted octanol–water partition coefficient (Wildman–Crippen LogP) is 3.35. The average molecular weight is 255 g/mol. The summed E-state index contributed by atoms with van der Waals surface area (Å²) in [5.74, 6) is 0. The van der Waals surface area contributed by atoms with E-state index in [0.29, 0.717) is 5.69 Å². The van der Waals surface area contributed by atoms with E-state index in [4.69, 9.17) is 5.73 Å². The summed E-state index contributed by atoms with van der Waals surface area (Å²) < 4.78 is 0. The molecule has 2 aromatic carbocycles. The van der Waals surface area contributed by atoms with Gasteiger partial charge < -0.3 is 16.4 Å². The van der Waals surface area contributed by atoms with Crippen molar-refractivity contribution >= 4 is 17.4 Å². The summed E-state index contributed by atoms with van der Waals surface area (Å²) in [4.78, 5) is 10.8. The fourth-order valence-corrected chi connectivity index (χ4v) is 1.90. The summed E-state index contributed by atoms with van der Waals surface area (Å²) in [7, 11) is 0. The lowest BCUT2D eigenvalue weighted by Gasteiger charge is -2.16. The van der Waals surface area contributed by atoms with Crippen molar-refractivity contribution in [2.24, 2.45) is 5.73 Å². The first-order valence-corrected chi connectivity index (χ1v) is 6.13. The number of hydrogen-bond donors (Lipinski definition) is 3. The van der Waals surface area contributed by atoms with Crippen LogP contribution in [0.1, 0.15) is 18.5 Å². The molecule has 0 saturated heterocycles. The fraction of sp³-hybridized carbons (Fsp3) is 0.133. The minimum Gasteiger partial charge on any atom is -0.378 e. The van der Waals surface area contributed by atoms with Crippen LogP contribution in [0.25, 0.3) is 0 Å². The number of rotatable bonds is 4. The van der Waals surface area contributed by atoms with E-state index in [1.165, 1.54) is 5.56 Å². The van der Waals surface area contributed by atoms with Gasteiger partial charge in [-0.1, -0.05) is 36.4 Å². The molecule has 0 radical (unpaired) electrons. The summed E-state index contributed by atoms with van der Waals surface area (Å²) in [6.45, 7) is 2.09. The number of amides is 2. The topological polar surface area (TPSA) is 67.2 Å². The molecule has 4 nitrogen and oxygen atoms in total. The van der Waals surface area contributed by atoms with Gasteiger partial charge in [-0.15, -0.1) is 0 Å². The van der Waals surface area contributed by atoms with Crippen molar-refractivity contribution in [2.75, 3.05) is 10.6 Å². The van der Waals surface area contributed by atoms with Crippen LogP contribution in [-0.2, 0) is 0 Å². The van der Waals surface area contributed by atoms with E-state index in [0.717, 1.165) is 5.69 Å². The van der Waals surface area contributed by atoms with Gasteiger partial charge in [0.1, 0.15) is 0 Å². The fourth-order valence-electron chi connectivity index (χ4n) is 1.90. The molecule has 0 aliphatic carbocycles. The van der Waals surface area contributed by atoms with Crippen LogP contribution in [0, 0.1) is 0 Å². The summed E-state index contributed by atoms with van der Waals surface area (Å²) in [6.07, 6.45) is 0. The van der Waals surface area contributed by atoms with Crippen molar-refractivity contribution in [3.63, 3.8) is 0 Å². The number of carbonyl (C=O) groups is 1. The summed E-state index contributed by atoms with van der Waals surface area (Å²) in [6, 6.07) is 17.2. The molecule has 0 saturated carbocycles. The second kappa shape index (κ2) is 5.91. The SMILES string of the molecule is CC(Nc1cccc(NC(N)=O)c1)c1ccccc1. The van der Waals surface area contributed by atoms with Crippen molar-refractivity contribution in [1.82, 2.24) is 0 Å². The smallest absolute Gasteiger partial charge is 0.316 e. The second-order valence-corrected chi connectivity index (χ2v) is 4.35. The highest BCUT2D eigenvalue weighted by Crippen LogP contribution is 2.21. The van der Waals surface area contributed by atoms with Gasteiger partial charge >= 0.3 is 6.03 Å². The third-order valence-electron chi connectivity index (χ3n) is 2.81. The van der Waals surface area contributed by atoms with E-state index >= 15 is 0 Å². The molecule has 1 unspecified atom stereocenters. The zero-order valence-electron chi connectivity index (χ0n) is 10.8. The van der Waals surface area contributed by atoms with E-state index in [2.05, 4.69) is 29.7 Å². The molecule has 0 fully saturated rings. The van der Waals surface area contributed by atoms with Gasteiger partial charge in [0.2, 0.25) is 0 Å². The maximum absolute atomic E-state index is 10.8. The molecule has 4 heteroatoms. The second-order valence-electron chi connectivity index (χ2n) is 4.35. The van der Waals surface area contributed by atoms with Crippen LogP contribution < -0.4 is 16.4 Å². The molecule has 0 aliphatic heterocycles. The number of hydrogen-bond acceptors (Lipinski definition) is 2. The van der Waals surface area contributed by atoms with Gasteiger partial charge in [-0.2, -0.15) is 0 Å². The van der Waals surface area contributed by atoms with Crippen LogP contribution in [0.4, 0.5) is 16.2 Å². The Labute approximate surface area is 112 Å². The highest BCUT2D eigenvalue weighted by Gasteiger charge is 2.05. The number of carbonyl (C=O) groups excluding carboxylic acids is 1. The number of benzene rings is 2. The Bertz CT molecular complexity index is 554. The van der Waals surface area contributed by atoms with Crippen molar-refractivity contribution in [3.8, 4) is 0 Å². The minimum absolute atomic E-state index is 0.185. The maximum atomic E-state index is 10.8. The van der Waals surface area contributed by atoms with Crippen molar-refractivity contribution in [1.29, 1.82) is 0 Å². The van der Waals surface area contributed by atoms with Gasteiger partial charge in [-0.3, -0.25) is 0 Å². The van der Waals surface area contributed by atoms with Crippen LogP contribution in [0.15, 0.2) is 54.6 Å². The molecule has 2 aromatic rings. The van der Waals surface area contributed by atoms with Gasteiger partial charge in [0, 0.05) is 17.4 Å². The standard InChI is InChI=1S/C15H17N3O/c1-11(12-6-3-2-4-7-12)17-13-8-5-9-14(10-13)18-15(16)19/h2-11,17H,1H3,(H3,16,18,19). The molecule has 1 atom stereocenters. The molecule has 98 valence electrons. The van der Waals surface area contributed by atoms with Gasteiger partial charge in [0.15, 0.2) is 0 Å². The van der Waals surface area contributed by atoms with Gasteiger partial charge in [-0.25, -0.2) is 4.79 Å². The largest absolute Gasteiger partial charge is 0.378 e. The Morgan fingerprint density at radius 3 is 2.42 bits per heavy atom. The molecule has 0 bridgehead atoms. The van der Waals surface area contributed by atoms with Crippen LogP contribution in [0.5, 0.6) is 0 Å². The van der Waals surface area contributed by atoms with E-state index in [-0.39, 0.29) is 6.04 Å². The highest BCUT2D eigenvalue weighted by molar-refractivity contribution is 5.88. The van der Waals surface area contributed by atoms with Crippen molar-refractivity contribution < 1.29 is 4.79 Å². The Kier molecular flexibility index (Phi) is 4.03. The molecule has 19 heavy (non-hydrogen) atoms. The maximum Gasteiger partial charge on any atom is 0.316 e. The zero-order valence-corrected chi connectivity index (χ0v) is 10.8. The molecule has 0 heterocycles. The van der Waals surface area contributed by atoms with Crippen LogP contribution in [0.3, 0.4) is 0 Å². The third kappa shape index (κ3) is 3.74. The lowest BCUT2D eigenvalue weighted by Crippen LogP contribution is -2.19. The predicted molar refractivity (Wildman–Crippen MR) is 78.1 cm³/mol. The molecule has 4 N–H and O–H groups in total. The first kappa shape index (κ1) is 13.0. The molecule has 0 spiro atoms. The number of nitrogens with two attached hydrogens (primary N) is 1. The number of nitrogens with one attached hydrogen (secondary N) is 2. The Balaban J connectivity index is 2.08. The van der Waals surface area contributed by atoms with Gasteiger partial charge in [0.25, 0.3) is 0 Å². The Morgan fingerprint density at radius 2 is 1.74 bits per heavy atom. The first-order valence-electron chi connectivity index (χ1n) is 6.13. The molecule has 2 rings (SSSR count). The highest BCUT2D eigenvalue weighted by atomic mass is 16.2. The number of urea groups is 1. The Morgan fingerprint density at radius 1 is 1.05 bits per heavy atom. The van der Waals surface area contributed by atoms with Gasteiger partial charge in [-0.05, 0) is 30.7 Å².